The van der Waals surface area contributed by atoms with E-state index in [0.717, 1.165) is 0 Å². The maximum atomic E-state index is 13.2. The van der Waals surface area contributed by atoms with Crippen LogP contribution in [0.3, 0.4) is 0 Å². The summed E-state index contributed by atoms with van der Waals surface area (Å²) in [5, 5.41) is 17.5. The van der Waals surface area contributed by atoms with Crippen molar-refractivity contribution in [2.24, 2.45) is 0 Å². The Morgan fingerprint density at radius 2 is 2.08 bits per heavy atom. The maximum absolute atomic E-state index is 13.2. The summed E-state index contributed by atoms with van der Waals surface area (Å²) in [7, 11) is -1.89. The molecule has 0 saturated heterocycles. The van der Waals surface area contributed by atoms with Gasteiger partial charge in [0.15, 0.2) is 6.29 Å². The minimum atomic E-state index is -1.89. The van der Waals surface area contributed by atoms with Crippen LogP contribution in [0, 0.1) is 12.7 Å². The predicted molar refractivity (Wildman–Crippen MR) is 46.4 cm³/mol. The summed E-state index contributed by atoms with van der Waals surface area (Å²) in [6.45, 7) is 1.64. The van der Waals surface area contributed by atoms with Gasteiger partial charge in [-0.05, 0) is 13.0 Å². The topological polar surface area (TPSA) is 57.5 Å². The molecule has 3 nitrogen and oxygen atoms in total. The van der Waals surface area contributed by atoms with E-state index in [9.17, 15) is 9.18 Å². The van der Waals surface area contributed by atoms with Crippen molar-refractivity contribution >= 4 is 18.9 Å². The smallest absolute Gasteiger partial charge is 0.423 e. The highest BCUT2D eigenvalue weighted by Gasteiger charge is 2.19. The molecule has 2 N–H and O–H groups in total. The van der Waals surface area contributed by atoms with Gasteiger partial charge in [-0.3, -0.25) is 4.79 Å². The van der Waals surface area contributed by atoms with Gasteiger partial charge in [-0.25, -0.2) is 4.39 Å². The summed E-state index contributed by atoms with van der Waals surface area (Å²) in [6.07, 6.45) is 0.341. The van der Waals surface area contributed by atoms with Gasteiger partial charge >= 0.3 is 7.12 Å². The molecule has 1 aromatic carbocycles. The number of hydrogen-bond acceptors (Lipinski definition) is 3. The van der Waals surface area contributed by atoms with E-state index in [2.05, 4.69) is 0 Å². The van der Waals surface area contributed by atoms with E-state index in [1.165, 1.54) is 12.1 Å². The summed E-state index contributed by atoms with van der Waals surface area (Å²) in [5.74, 6) is -0.879. The van der Waals surface area contributed by atoms with Crippen LogP contribution in [0.15, 0.2) is 12.1 Å². The van der Waals surface area contributed by atoms with Crippen LogP contribution in [0.1, 0.15) is 15.9 Å². The highest BCUT2D eigenvalue weighted by molar-refractivity contribution is 6.58. The van der Waals surface area contributed by atoms with Gasteiger partial charge in [-0.2, -0.15) is 0 Å². The molecular weight excluding hydrogens is 174 g/mol. The molecule has 0 amide bonds. The van der Waals surface area contributed by atoms with Crippen LogP contribution in [0.4, 0.5) is 4.39 Å². The standard InChI is InChI=1S/C8H8BFO3/c1-5-2-6(4-11)8(10)7(3-5)9(12)13/h2-4,12-13H,1H3. The van der Waals surface area contributed by atoms with Gasteiger partial charge in [0.1, 0.15) is 5.82 Å². The molecule has 0 bridgehead atoms. The second-order valence-corrected chi connectivity index (χ2v) is 2.75. The first-order chi connectivity index (χ1) is 6.06. The van der Waals surface area contributed by atoms with Gasteiger partial charge in [0.05, 0.1) is 0 Å². The highest BCUT2D eigenvalue weighted by Crippen LogP contribution is 2.06. The van der Waals surface area contributed by atoms with Crippen molar-refractivity contribution in [3.63, 3.8) is 0 Å². The number of carbonyl (C=O) groups excluding carboxylic acids is 1. The molecule has 0 heterocycles. The zero-order valence-electron chi connectivity index (χ0n) is 6.99. The van der Waals surface area contributed by atoms with E-state index in [-0.39, 0.29) is 11.0 Å². The molecule has 0 aromatic heterocycles. The second-order valence-electron chi connectivity index (χ2n) is 2.75. The Hall–Kier alpha value is -1.20. The van der Waals surface area contributed by atoms with E-state index >= 15 is 0 Å². The molecule has 0 radical (unpaired) electrons. The minimum Gasteiger partial charge on any atom is -0.423 e. The number of benzene rings is 1. The Labute approximate surface area is 75.0 Å². The lowest BCUT2D eigenvalue weighted by Gasteiger charge is -2.04. The van der Waals surface area contributed by atoms with E-state index in [0.29, 0.717) is 11.8 Å². The minimum absolute atomic E-state index is 0.164. The second kappa shape index (κ2) is 3.68. The van der Waals surface area contributed by atoms with Gasteiger partial charge < -0.3 is 10.0 Å². The number of hydrogen-bond donors (Lipinski definition) is 2. The molecule has 0 unspecified atom stereocenters. The Bertz CT molecular complexity index is 338. The Morgan fingerprint density at radius 3 is 2.54 bits per heavy atom. The van der Waals surface area contributed by atoms with Gasteiger partial charge in [-0.15, -0.1) is 0 Å². The summed E-state index contributed by atoms with van der Waals surface area (Å²) in [5.41, 5.74) is 0.164. The average Bonchev–Trinajstić information content (AvgIpc) is 2.08. The van der Waals surface area contributed by atoms with Gasteiger partial charge in [0, 0.05) is 11.0 Å². The first-order valence-electron chi connectivity index (χ1n) is 3.67. The summed E-state index contributed by atoms with van der Waals surface area (Å²) in [6, 6.07) is 2.63. The first kappa shape index (κ1) is 9.89. The van der Waals surface area contributed by atoms with Gasteiger partial charge in [0.2, 0.25) is 0 Å². The van der Waals surface area contributed by atoms with Crippen molar-refractivity contribution in [2.45, 2.75) is 6.92 Å². The Balaban J connectivity index is 3.35. The van der Waals surface area contributed by atoms with Crippen molar-refractivity contribution in [3.05, 3.63) is 29.1 Å². The summed E-state index contributed by atoms with van der Waals surface area (Å²) in [4.78, 5) is 10.4. The lowest BCUT2D eigenvalue weighted by molar-refractivity contribution is 0.112. The van der Waals surface area contributed by atoms with Crippen molar-refractivity contribution in [3.8, 4) is 0 Å². The van der Waals surface area contributed by atoms with Crippen LogP contribution in [0.2, 0.25) is 0 Å². The summed E-state index contributed by atoms with van der Waals surface area (Å²) >= 11 is 0. The monoisotopic (exact) mass is 182 g/mol. The fraction of sp³-hybridized carbons (Fsp3) is 0.125. The molecule has 0 saturated carbocycles. The van der Waals surface area contributed by atoms with Crippen LogP contribution < -0.4 is 5.46 Å². The lowest BCUT2D eigenvalue weighted by atomic mass is 9.78. The molecule has 0 aliphatic rings. The van der Waals surface area contributed by atoms with Crippen LogP contribution in [0.5, 0.6) is 0 Å². The number of aldehydes is 1. The maximum Gasteiger partial charge on any atom is 0.491 e. The van der Waals surface area contributed by atoms with E-state index in [4.69, 9.17) is 10.0 Å². The van der Waals surface area contributed by atoms with Crippen LogP contribution in [-0.2, 0) is 0 Å². The normalized spacial score (nSPS) is 9.85. The predicted octanol–water partition coefficient (Wildman–Crippen LogP) is -0.374. The largest absolute Gasteiger partial charge is 0.491 e. The molecule has 0 atom stereocenters. The number of aryl methyl sites for hydroxylation is 1. The molecule has 0 fully saturated rings. The van der Waals surface area contributed by atoms with Crippen molar-refractivity contribution in [1.29, 1.82) is 0 Å². The molecule has 13 heavy (non-hydrogen) atoms. The van der Waals surface area contributed by atoms with Crippen molar-refractivity contribution in [1.82, 2.24) is 0 Å². The number of halogens is 1. The fourth-order valence-corrected chi connectivity index (χ4v) is 1.10. The summed E-state index contributed by atoms with van der Waals surface area (Å²) < 4.78 is 13.2. The molecule has 1 rings (SSSR count). The lowest BCUT2D eigenvalue weighted by Crippen LogP contribution is -2.33. The highest BCUT2D eigenvalue weighted by atomic mass is 19.1. The molecule has 68 valence electrons. The van der Waals surface area contributed by atoms with Crippen molar-refractivity contribution in [2.75, 3.05) is 0 Å². The van der Waals surface area contributed by atoms with Crippen molar-refractivity contribution < 1.29 is 19.2 Å². The fourth-order valence-electron chi connectivity index (χ4n) is 1.10. The van der Waals surface area contributed by atoms with E-state index in [1.54, 1.807) is 6.92 Å². The molecule has 0 aliphatic carbocycles. The van der Waals surface area contributed by atoms with E-state index < -0.39 is 12.9 Å². The Morgan fingerprint density at radius 1 is 1.46 bits per heavy atom. The third kappa shape index (κ3) is 1.94. The van der Waals surface area contributed by atoms with Crippen LogP contribution in [0.25, 0.3) is 0 Å². The van der Waals surface area contributed by atoms with Gasteiger partial charge in [-0.1, -0.05) is 11.6 Å². The third-order valence-electron chi connectivity index (χ3n) is 1.68. The first-order valence-corrected chi connectivity index (χ1v) is 3.67. The van der Waals surface area contributed by atoms with E-state index in [1.807, 2.05) is 0 Å². The zero-order chi connectivity index (χ0) is 10.0. The molecule has 0 aliphatic heterocycles. The average molecular weight is 182 g/mol. The van der Waals surface area contributed by atoms with Crippen LogP contribution >= 0.6 is 0 Å². The third-order valence-corrected chi connectivity index (χ3v) is 1.68. The quantitative estimate of drug-likeness (QED) is 0.484. The van der Waals surface area contributed by atoms with Gasteiger partial charge in [0.25, 0.3) is 0 Å². The molecular formula is C8H8BFO3. The zero-order valence-corrected chi connectivity index (χ0v) is 6.99. The molecule has 1 aromatic rings. The Kier molecular flexibility index (Phi) is 2.80. The molecule has 5 heteroatoms. The number of rotatable bonds is 2. The number of carbonyl (C=O) groups is 1. The van der Waals surface area contributed by atoms with Crippen LogP contribution in [-0.4, -0.2) is 23.5 Å². The SMILES string of the molecule is Cc1cc(C=O)c(F)c(B(O)O)c1. The molecule has 0 spiro atoms.